The second kappa shape index (κ2) is 9.58. The molecule has 0 fully saturated rings. The molecule has 0 saturated heterocycles. The maximum atomic E-state index is 5.91. The number of nitrogens with one attached hydrogen (secondary N) is 1. The maximum absolute atomic E-state index is 5.91. The van der Waals surface area contributed by atoms with Gasteiger partial charge in [0.2, 0.25) is 11.7 Å². The van der Waals surface area contributed by atoms with Gasteiger partial charge in [0, 0.05) is 23.1 Å². The predicted octanol–water partition coefficient (Wildman–Crippen LogP) is 5.37. The van der Waals surface area contributed by atoms with E-state index in [2.05, 4.69) is 20.5 Å². The van der Waals surface area contributed by atoms with Gasteiger partial charge in [0.1, 0.15) is 17.3 Å². The monoisotopic (exact) mass is 453 g/mol. The third kappa shape index (κ3) is 4.38. The first-order chi connectivity index (χ1) is 16.7. The van der Waals surface area contributed by atoms with Gasteiger partial charge in [-0.05, 0) is 49.4 Å². The summed E-state index contributed by atoms with van der Waals surface area (Å²) in [7, 11) is 1.62. The number of methoxy groups -OCH3 is 1. The molecule has 0 aliphatic carbocycles. The van der Waals surface area contributed by atoms with E-state index in [1.165, 1.54) is 0 Å². The van der Waals surface area contributed by atoms with Crippen LogP contribution < -0.4 is 14.8 Å². The minimum atomic E-state index is 0.245. The van der Waals surface area contributed by atoms with Crippen LogP contribution >= 0.6 is 0 Å². The van der Waals surface area contributed by atoms with Crippen LogP contribution in [0.25, 0.3) is 34.1 Å². The smallest absolute Gasteiger partial charge is 0.286 e. The Kier molecular flexibility index (Phi) is 6.03. The molecule has 0 spiro atoms. The Labute approximate surface area is 196 Å². The first-order valence-electron chi connectivity index (χ1n) is 10.9. The van der Waals surface area contributed by atoms with E-state index >= 15 is 0 Å². The molecule has 0 aliphatic heterocycles. The summed E-state index contributed by atoms with van der Waals surface area (Å²) in [6, 6.07) is 23.1. The fraction of sp³-hybridized carbons (Fsp3) is 0.154. The molecular weight excluding hydrogens is 430 g/mol. The Morgan fingerprint density at radius 2 is 1.62 bits per heavy atom. The van der Waals surface area contributed by atoms with Gasteiger partial charge in [0.25, 0.3) is 5.89 Å². The van der Waals surface area contributed by atoms with Crippen molar-refractivity contribution in [2.75, 3.05) is 19.0 Å². The van der Waals surface area contributed by atoms with Crippen molar-refractivity contribution in [3.63, 3.8) is 0 Å². The Hall–Kier alpha value is -4.46. The third-order valence-corrected chi connectivity index (χ3v) is 5.28. The number of para-hydroxylation sites is 2. The topological polar surface area (TPSA) is 95.2 Å². The standard InChI is InChI=1S/C26H23N5O3/c1-3-33-22-11-7-4-8-18(22)16-27-23-20-9-5-6-10-21(20)28-24(29-23)26-31-30-25(34-26)17-12-14-19(32-2)15-13-17/h4-15H,3,16H2,1-2H3,(H,27,28,29). The molecule has 170 valence electrons. The van der Waals surface area contributed by atoms with Crippen LogP contribution in [0.2, 0.25) is 0 Å². The van der Waals surface area contributed by atoms with Crippen molar-refractivity contribution in [1.82, 2.24) is 20.2 Å². The number of benzene rings is 3. The van der Waals surface area contributed by atoms with Crippen LogP contribution in [0, 0.1) is 0 Å². The number of ether oxygens (including phenoxy) is 2. The second-order valence-corrected chi connectivity index (χ2v) is 7.45. The molecule has 0 atom stereocenters. The summed E-state index contributed by atoms with van der Waals surface area (Å²) in [5.74, 6) is 3.26. The van der Waals surface area contributed by atoms with Crippen molar-refractivity contribution in [2.24, 2.45) is 0 Å². The Morgan fingerprint density at radius 1 is 0.853 bits per heavy atom. The van der Waals surface area contributed by atoms with E-state index in [4.69, 9.17) is 18.9 Å². The summed E-state index contributed by atoms with van der Waals surface area (Å²) >= 11 is 0. The van der Waals surface area contributed by atoms with Gasteiger partial charge in [-0.25, -0.2) is 9.97 Å². The lowest BCUT2D eigenvalue weighted by atomic mass is 10.2. The zero-order valence-corrected chi connectivity index (χ0v) is 18.9. The number of nitrogens with zero attached hydrogens (tertiary/aromatic N) is 4. The summed E-state index contributed by atoms with van der Waals surface area (Å²) in [5, 5.41) is 12.7. The number of fused-ring (bicyclic) bond motifs is 1. The number of hydrogen-bond acceptors (Lipinski definition) is 8. The van der Waals surface area contributed by atoms with Gasteiger partial charge >= 0.3 is 0 Å². The molecule has 5 aromatic rings. The molecule has 3 aromatic carbocycles. The highest BCUT2D eigenvalue weighted by atomic mass is 16.5. The SMILES string of the molecule is CCOc1ccccc1CNc1nc(-c2nnc(-c3ccc(OC)cc3)o2)nc2ccccc12. The molecule has 8 heteroatoms. The molecule has 0 bridgehead atoms. The average Bonchev–Trinajstić information content (AvgIpc) is 3.38. The van der Waals surface area contributed by atoms with Gasteiger partial charge in [-0.3, -0.25) is 0 Å². The molecule has 8 nitrogen and oxygen atoms in total. The average molecular weight is 454 g/mol. The van der Waals surface area contributed by atoms with Crippen molar-refractivity contribution in [2.45, 2.75) is 13.5 Å². The second-order valence-electron chi connectivity index (χ2n) is 7.45. The van der Waals surface area contributed by atoms with Gasteiger partial charge < -0.3 is 19.2 Å². The number of hydrogen-bond donors (Lipinski definition) is 1. The summed E-state index contributed by atoms with van der Waals surface area (Å²) in [6.07, 6.45) is 0. The van der Waals surface area contributed by atoms with Crippen LogP contribution in [-0.2, 0) is 6.54 Å². The largest absolute Gasteiger partial charge is 0.497 e. The zero-order chi connectivity index (χ0) is 23.3. The van der Waals surface area contributed by atoms with E-state index in [0.29, 0.717) is 30.7 Å². The zero-order valence-electron chi connectivity index (χ0n) is 18.9. The normalized spacial score (nSPS) is 10.9. The maximum Gasteiger partial charge on any atom is 0.286 e. The molecule has 2 heterocycles. The summed E-state index contributed by atoms with van der Waals surface area (Å²) in [6.45, 7) is 3.11. The Morgan fingerprint density at radius 3 is 2.44 bits per heavy atom. The molecule has 34 heavy (non-hydrogen) atoms. The van der Waals surface area contributed by atoms with Gasteiger partial charge in [-0.1, -0.05) is 30.3 Å². The molecule has 0 saturated carbocycles. The van der Waals surface area contributed by atoms with Crippen molar-refractivity contribution in [1.29, 1.82) is 0 Å². The molecule has 0 radical (unpaired) electrons. The van der Waals surface area contributed by atoms with Crippen LogP contribution in [0.4, 0.5) is 5.82 Å². The van der Waals surface area contributed by atoms with Gasteiger partial charge in [-0.2, -0.15) is 0 Å². The minimum Gasteiger partial charge on any atom is -0.497 e. The van der Waals surface area contributed by atoms with Crippen molar-refractivity contribution < 1.29 is 13.9 Å². The van der Waals surface area contributed by atoms with E-state index in [9.17, 15) is 0 Å². The quantitative estimate of drug-likeness (QED) is 0.335. The number of aromatic nitrogens is 4. The Balaban J connectivity index is 1.47. The predicted molar refractivity (Wildman–Crippen MR) is 130 cm³/mol. The highest BCUT2D eigenvalue weighted by Gasteiger charge is 2.16. The molecule has 5 rings (SSSR count). The van der Waals surface area contributed by atoms with Crippen LogP contribution in [-0.4, -0.2) is 33.9 Å². The molecule has 0 unspecified atom stereocenters. The molecule has 2 aromatic heterocycles. The van der Waals surface area contributed by atoms with Crippen LogP contribution in [0.5, 0.6) is 11.5 Å². The summed E-state index contributed by atoms with van der Waals surface area (Å²) in [4.78, 5) is 9.37. The molecular formula is C26H23N5O3. The lowest BCUT2D eigenvalue weighted by Crippen LogP contribution is -2.06. The van der Waals surface area contributed by atoms with E-state index in [1.807, 2.05) is 79.7 Å². The van der Waals surface area contributed by atoms with E-state index < -0.39 is 0 Å². The van der Waals surface area contributed by atoms with Crippen molar-refractivity contribution in [3.8, 4) is 34.7 Å². The van der Waals surface area contributed by atoms with E-state index in [1.54, 1.807) is 7.11 Å². The summed E-state index contributed by atoms with van der Waals surface area (Å²) < 4.78 is 16.9. The van der Waals surface area contributed by atoms with Crippen LogP contribution in [0.1, 0.15) is 12.5 Å². The highest BCUT2D eigenvalue weighted by molar-refractivity contribution is 5.90. The van der Waals surface area contributed by atoms with Gasteiger partial charge in [-0.15, -0.1) is 10.2 Å². The number of anilines is 1. The lowest BCUT2D eigenvalue weighted by Gasteiger charge is -2.13. The van der Waals surface area contributed by atoms with Crippen molar-refractivity contribution >= 4 is 16.7 Å². The minimum absolute atomic E-state index is 0.245. The van der Waals surface area contributed by atoms with Gasteiger partial charge in [0.15, 0.2) is 0 Å². The third-order valence-electron chi connectivity index (χ3n) is 5.28. The molecule has 0 aliphatic rings. The van der Waals surface area contributed by atoms with Crippen LogP contribution in [0.15, 0.2) is 77.2 Å². The van der Waals surface area contributed by atoms with E-state index in [-0.39, 0.29) is 5.89 Å². The van der Waals surface area contributed by atoms with E-state index in [0.717, 1.165) is 33.5 Å². The molecule has 0 amide bonds. The van der Waals surface area contributed by atoms with Crippen LogP contribution in [0.3, 0.4) is 0 Å². The number of rotatable bonds is 8. The first kappa shape index (κ1) is 21.4. The first-order valence-corrected chi connectivity index (χ1v) is 10.9. The highest BCUT2D eigenvalue weighted by Crippen LogP contribution is 2.28. The Bertz CT molecular complexity index is 1420. The fourth-order valence-corrected chi connectivity index (χ4v) is 3.60. The summed E-state index contributed by atoms with van der Waals surface area (Å²) in [5.41, 5.74) is 2.59. The molecule has 1 N–H and O–H groups in total. The van der Waals surface area contributed by atoms with Gasteiger partial charge in [0.05, 0.1) is 19.2 Å². The van der Waals surface area contributed by atoms with Crippen molar-refractivity contribution in [3.05, 3.63) is 78.4 Å². The fourth-order valence-electron chi connectivity index (χ4n) is 3.60. The lowest BCUT2D eigenvalue weighted by molar-refractivity contribution is 0.337.